The molecule has 0 aromatic rings. The Kier molecular flexibility index (Phi) is 3.62. The first-order chi connectivity index (χ1) is 10.3. The highest BCUT2D eigenvalue weighted by molar-refractivity contribution is 5.77. The number of carbonyl (C=O) groups excluding carboxylic acids is 1. The van der Waals surface area contributed by atoms with Gasteiger partial charge in [-0.15, -0.1) is 0 Å². The predicted octanol–water partition coefficient (Wildman–Crippen LogP) is -1.04. The first-order valence-corrected chi connectivity index (χ1v) is 6.63. The van der Waals surface area contributed by atoms with Crippen LogP contribution in [0.2, 0.25) is 0 Å². The minimum atomic E-state index is -2.56. The zero-order valence-corrected chi connectivity index (χ0v) is 11.9. The standard InChI is InChI=1S/C12H17FN2O7/c1-11-7(20-10(19-2)22-11)12(13,5-16)21-8(11)15-4-3-6(17)14-9(15)18/h3-4,6-8,10,16-17H,5H2,1-2H3,(H,14,18)/t6?,7-,8+,10?,11+,12+/m0/s1. The molecule has 0 aromatic carbocycles. The van der Waals surface area contributed by atoms with Gasteiger partial charge < -0.3 is 34.5 Å². The van der Waals surface area contributed by atoms with Crippen molar-refractivity contribution in [2.45, 2.75) is 43.4 Å². The number of halogens is 1. The van der Waals surface area contributed by atoms with E-state index in [0.29, 0.717) is 0 Å². The number of hydrogen-bond donors (Lipinski definition) is 3. The lowest BCUT2D eigenvalue weighted by Gasteiger charge is -2.36. The molecule has 2 unspecified atom stereocenters. The molecule has 3 rings (SSSR count). The number of fused-ring (bicyclic) bond motifs is 1. The van der Waals surface area contributed by atoms with Gasteiger partial charge in [0.2, 0.25) is 0 Å². The van der Waals surface area contributed by atoms with Gasteiger partial charge in [-0.25, -0.2) is 9.18 Å². The predicted molar refractivity (Wildman–Crippen MR) is 66.5 cm³/mol. The molecule has 0 saturated carbocycles. The van der Waals surface area contributed by atoms with Crippen LogP contribution in [0.1, 0.15) is 6.92 Å². The lowest BCUT2D eigenvalue weighted by Crippen LogP contribution is -2.57. The van der Waals surface area contributed by atoms with Crippen LogP contribution in [0, 0.1) is 0 Å². The molecule has 3 N–H and O–H groups in total. The molecule has 9 nitrogen and oxygen atoms in total. The van der Waals surface area contributed by atoms with Crippen LogP contribution in [-0.2, 0) is 18.9 Å². The second-order valence-electron chi connectivity index (χ2n) is 5.40. The highest BCUT2D eigenvalue weighted by atomic mass is 19.2. The zero-order valence-electron chi connectivity index (χ0n) is 11.9. The normalized spacial score (nSPS) is 47.7. The molecule has 0 aliphatic carbocycles. The second kappa shape index (κ2) is 5.11. The van der Waals surface area contributed by atoms with E-state index in [0.717, 1.165) is 4.90 Å². The Morgan fingerprint density at radius 1 is 1.55 bits per heavy atom. The molecule has 0 radical (unpaired) electrons. The third kappa shape index (κ3) is 2.11. The van der Waals surface area contributed by atoms with Gasteiger partial charge in [-0.2, -0.15) is 0 Å². The second-order valence-corrected chi connectivity index (χ2v) is 5.40. The number of aliphatic hydroxyl groups excluding tert-OH is 2. The summed E-state index contributed by atoms with van der Waals surface area (Å²) in [5, 5.41) is 20.9. The molecule has 124 valence electrons. The fraction of sp³-hybridized carbons (Fsp3) is 0.750. The van der Waals surface area contributed by atoms with Crippen molar-refractivity contribution >= 4 is 6.03 Å². The van der Waals surface area contributed by atoms with Crippen LogP contribution in [0.25, 0.3) is 0 Å². The Morgan fingerprint density at radius 3 is 2.86 bits per heavy atom. The lowest BCUT2D eigenvalue weighted by atomic mass is 9.95. The third-order valence-electron chi connectivity index (χ3n) is 3.90. The number of aliphatic hydroxyl groups is 2. The van der Waals surface area contributed by atoms with Crippen molar-refractivity contribution < 1.29 is 38.3 Å². The molecule has 22 heavy (non-hydrogen) atoms. The van der Waals surface area contributed by atoms with Gasteiger partial charge in [-0.05, 0) is 13.0 Å². The minimum Gasteiger partial charge on any atom is -0.390 e. The smallest absolute Gasteiger partial charge is 0.325 e. The van der Waals surface area contributed by atoms with E-state index in [9.17, 15) is 19.4 Å². The van der Waals surface area contributed by atoms with Gasteiger partial charge in [0.25, 0.3) is 12.3 Å². The maximum Gasteiger partial charge on any atom is 0.325 e. The van der Waals surface area contributed by atoms with E-state index >= 15 is 0 Å². The van der Waals surface area contributed by atoms with Crippen LogP contribution < -0.4 is 5.32 Å². The largest absolute Gasteiger partial charge is 0.390 e. The summed E-state index contributed by atoms with van der Waals surface area (Å²) in [6.07, 6.45) is -1.13. The summed E-state index contributed by atoms with van der Waals surface area (Å²) < 4.78 is 35.7. The van der Waals surface area contributed by atoms with Crippen molar-refractivity contribution in [1.82, 2.24) is 10.2 Å². The summed E-state index contributed by atoms with van der Waals surface area (Å²) in [6.45, 7) is -0.638. The summed E-state index contributed by atoms with van der Waals surface area (Å²) in [7, 11) is 1.31. The number of amides is 2. The maximum absolute atomic E-state index is 14.8. The number of urea groups is 1. The van der Waals surface area contributed by atoms with E-state index in [1.807, 2.05) is 0 Å². The van der Waals surface area contributed by atoms with Crippen molar-refractivity contribution in [3.05, 3.63) is 12.3 Å². The number of alkyl halides is 1. The highest BCUT2D eigenvalue weighted by Gasteiger charge is 2.71. The maximum atomic E-state index is 14.8. The number of ether oxygens (including phenoxy) is 4. The van der Waals surface area contributed by atoms with E-state index in [1.165, 1.54) is 26.3 Å². The quantitative estimate of drug-likeness (QED) is 0.609. The van der Waals surface area contributed by atoms with Gasteiger partial charge in [-0.1, -0.05) is 0 Å². The van der Waals surface area contributed by atoms with Crippen molar-refractivity contribution in [2.75, 3.05) is 13.7 Å². The molecule has 0 bridgehead atoms. The van der Waals surface area contributed by atoms with E-state index in [2.05, 4.69) is 5.32 Å². The van der Waals surface area contributed by atoms with Crippen LogP contribution in [0.15, 0.2) is 12.3 Å². The summed E-state index contributed by atoms with van der Waals surface area (Å²) in [4.78, 5) is 13.0. The summed E-state index contributed by atoms with van der Waals surface area (Å²) in [5.41, 5.74) is -1.41. The molecule has 3 heterocycles. The lowest BCUT2D eigenvalue weighted by molar-refractivity contribution is -0.300. The van der Waals surface area contributed by atoms with Crippen LogP contribution in [0.5, 0.6) is 0 Å². The van der Waals surface area contributed by atoms with Gasteiger partial charge in [0, 0.05) is 13.3 Å². The van der Waals surface area contributed by atoms with E-state index < -0.39 is 49.1 Å². The third-order valence-corrected chi connectivity index (χ3v) is 3.90. The molecule has 2 saturated heterocycles. The molecular weight excluding hydrogens is 303 g/mol. The molecular formula is C12H17FN2O7. The first-order valence-electron chi connectivity index (χ1n) is 6.63. The summed E-state index contributed by atoms with van der Waals surface area (Å²) >= 11 is 0. The van der Waals surface area contributed by atoms with Gasteiger partial charge in [0.15, 0.2) is 12.3 Å². The fourth-order valence-corrected chi connectivity index (χ4v) is 2.86. The SMILES string of the molecule is COC1O[C@H]2[C@@](C)(O1)[C@H](N1C=CC(O)NC1=O)O[C@]2(F)CO. The molecule has 2 fully saturated rings. The molecule has 3 aliphatic rings. The van der Waals surface area contributed by atoms with Gasteiger partial charge in [0.05, 0.1) is 0 Å². The van der Waals surface area contributed by atoms with E-state index in [4.69, 9.17) is 18.9 Å². The molecule has 0 spiro atoms. The average Bonchev–Trinajstić information content (AvgIpc) is 2.93. The molecule has 6 atom stereocenters. The van der Waals surface area contributed by atoms with Crippen molar-refractivity contribution in [1.29, 1.82) is 0 Å². The van der Waals surface area contributed by atoms with E-state index in [-0.39, 0.29) is 0 Å². The van der Waals surface area contributed by atoms with Crippen LogP contribution in [0.4, 0.5) is 9.18 Å². The van der Waals surface area contributed by atoms with Gasteiger partial charge in [0.1, 0.15) is 18.4 Å². The number of rotatable bonds is 3. The first kappa shape index (κ1) is 15.6. The van der Waals surface area contributed by atoms with E-state index in [1.54, 1.807) is 0 Å². The summed E-state index contributed by atoms with van der Waals surface area (Å²) in [6, 6.07) is -0.702. The van der Waals surface area contributed by atoms with Crippen LogP contribution in [-0.4, -0.2) is 71.4 Å². The Labute approximate surface area is 125 Å². The topological polar surface area (TPSA) is 110 Å². The van der Waals surface area contributed by atoms with Crippen molar-refractivity contribution in [3.8, 4) is 0 Å². The Hall–Kier alpha value is -1.30. The van der Waals surface area contributed by atoms with Gasteiger partial charge >= 0.3 is 6.03 Å². The van der Waals surface area contributed by atoms with Crippen molar-refractivity contribution in [3.63, 3.8) is 0 Å². The molecule has 3 aliphatic heterocycles. The van der Waals surface area contributed by atoms with Crippen LogP contribution in [0.3, 0.4) is 0 Å². The Bertz CT molecular complexity index is 506. The van der Waals surface area contributed by atoms with Gasteiger partial charge in [-0.3, -0.25) is 4.90 Å². The Balaban J connectivity index is 1.95. The Morgan fingerprint density at radius 2 is 2.27 bits per heavy atom. The molecule has 2 amide bonds. The zero-order chi connectivity index (χ0) is 16.1. The van der Waals surface area contributed by atoms with Crippen LogP contribution >= 0.6 is 0 Å². The number of hydrogen-bond acceptors (Lipinski definition) is 7. The fourth-order valence-electron chi connectivity index (χ4n) is 2.86. The number of nitrogens with zero attached hydrogens (tertiary/aromatic N) is 1. The highest BCUT2D eigenvalue weighted by Crippen LogP contribution is 2.49. The minimum absolute atomic E-state index is 0.702. The van der Waals surface area contributed by atoms with Crippen molar-refractivity contribution in [2.24, 2.45) is 0 Å². The number of methoxy groups -OCH3 is 1. The monoisotopic (exact) mass is 320 g/mol. The number of nitrogens with one attached hydrogen (secondary N) is 1. The molecule has 10 heteroatoms. The average molecular weight is 320 g/mol. The molecule has 0 aromatic heterocycles. The number of carbonyl (C=O) groups is 1. The summed E-state index contributed by atoms with van der Waals surface area (Å²) in [5.74, 6) is -2.56.